The Morgan fingerprint density at radius 2 is 2.22 bits per heavy atom. The first-order chi connectivity index (χ1) is 8.90. The molecular formula is C12H16N6. The lowest BCUT2D eigenvalue weighted by Gasteiger charge is -2.25. The molecule has 2 aromatic heterocycles. The molecule has 0 saturated carbocycles. The minimum atomic E-state index is 0.870. The van der Waals surface area contributed by atoms with Crippen molar-refractivity contribution >= 4 is 5.95 Å². The smallest absolute Gasteiger partial charge is 0.203 e. The van der Waals surface area contributed by atoms with Gasteiger partial charge in [-0.3, -0.25) is 5.10 Å². The highest BCUT2D eigenvalue weighted by atomic mass is 15.3. The van der Waals surface area contributed by atoms with Crippen molar-refractivity contribution < 1.29 is 0 Å². The van der Waals surface area contributed by atoms with Gasteiger partial charge in [0.15, 0.2) is 0 Å². The van der Waals surface area contributed by atoms with E-state index in [1.54, 1.807) is 0 Å². The Hall–Kier alpha value is -1.82. The number of anilines is 1. The summed E-state index contributed by atoms with van der Waals surface area (Å²) in [6.45, 7) is 3.80. The van der Waals surface area contributed by atoms with E-state index in [2.05, 4.69) is 25.4 Å². The first-order valence-electron chi connectivity index (χ1n) is 6.45. The van der Waals surface area contributed by atoms with Crippen LogP contribution in [0.3, 0.4) is 0 Å². The standard InChI is InChI=1S/C12H16N6/c1-3-13-6-10-9(1)15-12(16-10)18-4-2-8-5-14-17-11(8)7-18/h5,13H,1-4,6-7H2,(H,14,17)(H,15,16). The second-order valence-electron chi connectivity index (χ2n) is 4.96. The van der Waals surface area contributed by atoms with Crippen LogP contribution in [0.1, 0.15) is 22.6 Å². The molecule has 0 aromatic carbocycles. The van der Waals surface area contributed by atoms with Crippen molar-refractivity contribution in [1.82, 2.24) is 25.5 Å². The number of fused-ring (bicyclic) bond motifs is 2. The summed E-state index contributed by atoms with van der Waals surface area (Å²) in [5.74, 6) is 1.00. The summed E-state index contributed by atoms with van der Waals surface area (Å²) >= 11 is 0. The van der Waals surface area contributed by atoms with Crippen molar-refractivity contribution in [3.8, 4) is 0 Å². The van der Waals surface area contributed by atoms with Crippen LogP contribution in [0.4, 0.5) is 5.95 Å². The van der Waals surface area contributed by atoms with Gasteiger partial charge in [-0.2, -0.15) is 5.10 Å². The Kier molecular flexibility index (Phi) is 2.16. The first kappa shape index (κ1) is 10.1. The van der Waals surface area contributed by atoms with Crippen molar-refractivity contribution in [2.24, 2.45) is 0 Å². The molecule has 0 fully saturated rings. The summed E-state index contributed by atoms with van der Waals surface area (Å²) in [7, 11) is 0. The number of nitrogens with one attached hydrogen (secondary N) is 3. The Morgan fingerprint density at radius 1 is 1.22 bits per heavy atom. The average molecular weight is 244 g/mol. The number of aromatic nitrogens is 4. The average Bonchev–Trinajstić information content (AvgIpc) is 3.04. The van der Waals surface area contributed by atoms with E-state index in [-0.39, 0.29) is 0 Å². The number of H-pyrrole nitrogens is 2. The Morgan fingerprint density at radius 3 is 3.17 bits per heavy atom. The fourth-order valence-electron chi connectivity index (χ4n) is 2.75. The fourth-order valence-corrected chi connectivity index (χ4v) is 2.75. The van der Waals surface area contributed by atoms with Crippen molar-refractivity contribution in [2.75, 3.05) is 18.0 Å². The van der Waals surface area contributed by atoms with Crippen molar-refractivity contribution in [3.63, 3.8) is 0 Å². The number of hydrogen-bond acceptors (Lipinski definition) is 4. The quantitative estimate of drug-likeness (QED) is 0.676. The molecule has 94 valence electrons. The van der Waals surface area contributed by atoms with Crippen LogP contribution in [-0.2, 0) is 25.9 Å². The molecule has 6 nitrogen and oxygen atoms in total. The highest BCUT2D eigenvalue weighted by Crippen LogP contribution is 2.23. The molecule has 2 aliphatic heterocycles. The monoisotopic (exact) mass is 244 g/mol. The van der Waals surface area contributed by atoms with Gasteiger partial charge in [0.1, 0.15) is 0 Å². The highest BCUT2D eigenvalue weighted by molar-refractivity contribution is 5.39. The van der Waals surface area contributed by atoms with E-state index in [1.165, 1.54) is 22.6 Å². The minimum absolute atomic E-state index is 0.870. The normalized spacial score (nSPS) is 18.6. The van der Waals surface area contributed by atoms with Crippen molar-refractivity contribution in [2.45, 2.75) is 25.9 Å². The van der Waals surface area contributed by atoms with Gasteiger partial charge in [0.25, 0.3) is 0 Å². The highest BCUT2D eigenvalue weighted by Gasteiger charge is 2.22. The van der Waals surface area contributed by atoms with E-state index in [0.29, 0.717) is 0 Å². The second kappa shape index (κ2) is 3.84. The zero-order valence-electron chi connectivity index (χ0n) is 10.2. The maximum Gasteiger partial charge on any atom is 0.203 e. The number of hydrogen-bond donors (Lipinski definition) is 3. The minimum Gasteiger partial charge on any atom is -0.336 e. The zero-order valence-corrected chi connectivity index (χ0v) is 10.2. The van der Waals surface area contributed by atoms with Crippen LogP contribution in [-0.4, -0.2) is 33.3 Å². The maximum absolute atomic E-state index is 4.71. The number of nitrogens with zero attached hydrogens (tertiary/aromatic N) is 3. The lowest BCUT2D eigenvalue weighted by molar-refractivity contribution is 0.627. The van der Waals surface area contributed by atoms with Crippen LogP contribution < -0.4 is 10.2 Å². The van der Waals surface area contributed by atoms with E-state index in [9.17, 15) is 0 Å². The molecule has 2 aliphatic rings. The van der Waals surface area contributed by atoms with Crippen LogP contribution in [0.25, 0.3) is 0 Å². The van der Waals surface area contributed by atoms with E-state index < -0.39 is 0 Å². The van der Waals surface area contributed by atoms with Gasteiger partial charge in [0.2, 0.25) is 5.95 Å². The lowest BCUT2D eigenvalue weighted by atomic mass is 10.1. The predicted octanol–water partition coefficient (Wildman–Crippen LogP) is 0.341. The molecule has 0 amide bonds. The summed E-state index contributed by atoms with van der Waals surface area (Å²) in [6.07, 6.45) is 4.02. The third-order valence-electron chi connectivity index (χ3n) is 3.80. The molecule has 3 N–H and O–H groups in total. The molecule has 18 heavy (non-hydrogen) atoms. The molecule has 0 radical (unpaired) electrons. The molecule has 2 aromatic rings. The summed E-state index contributed by atoms with van der Waals surface area (Å²) in [5.41, 5.74) is 5.02. The lowest BCUT2D eigenvalue weighted by Crippen LogP contribution is -2.31. The molecule has 0 saturated heterocycles. The van der Waals surface area contributed by atoms with Crippen LogP contribution in [0.2, 0.25) is 0 Å². The Balaban J connectivity index is 1.62. The van der Waals surface area contributed by atoms with Gasteiger partial charge in [-0.1, -0.05) is 0 Å². The van der Waals surface area contributed by atoms with E-state index >= 15 is 0 Å². The third-order valence-corrected chi connectivity index (χ3v) is 3.80. The zero-order chi connectivity index (χ0) is 11.9. The largest absolute Gasteiger partial charge is 0.336 e. The van der Waals surface area contributed by atoms with Gasteiger partial charge in [-0.15, -0.1) is 0 Å². The topological polar surface area (TPSA) is 72.6 Å². The molecule has 0 bridgehead atoms. The number of aromatic amines is 2. The SMILES string of the molecule is c1n[nH]c2c1CCN(c1nc3c([nH]1)CCNC3)C2. The van der Waals surface area contributed by atoms with Crippen LogP contribution in [0.5, 0.6) is 0 Å². The van der Waals surface area contributed by atoms with Gasteiger partial charge >= 0.3 is 0 Å². The third kappa shape index (κ3) is 1.53. The number of imidazole rings is 1. The van der Waals surface area contributed by atoms with Crippen molar-refractivity contribution in [1.29, 1.82) is 0 Å². The summed E-state index contributed by atoms with van der Waals surface area (Å²) in [4.78, 5) is 10.5. The van der Waals surface area contributed by atoms with Gasteiger partial charge < -0.3 is 15.2 Å². The molecule has 4 heterocycles. The van der Waals surface area contributed by atoms with Gasteiger partial charge in [0, 0.05) is 31.7 Å². The fraction of sp³-hybridized carbons (Fsp3) is 0.500. The molecule has 0 unspecified atom stereocenters. The molecule has 0 aliphatic carbocycles. The second-order valence-corrected chi connectivity index (χ2v) is 4.96. The molecule has 0 atom stereocenters. The molecule has 6 heteroatoms. The van der Waals surface area contributed by atoms with E-state index in [4.69, 9.17) is 4.98 Å². The Labute approximate surface area is 105 Å². The Bertz CT molecular complexity index is 545. The van der Waals surface area contributed by atoms with Crippen LogP contribution in [0.15, 0.2) is 6.20 Å². The van der Waals surface area contributed by atoms with Gasteiger partial charge in [0.05, 0.1) is 24.1 Å². The predicted molar refractivity (Wildman–Crippen MR) is 67.3 cm³/mol. The van der Waals surface area contributed by atoms with E-state index in [0.717, 1.165) is 45.0 Å². The van der Waals surface area contributed by atoms with E-state index in [1.807, 2.05) is 6.20 Å². The summed E-state index contributed by atoms with van der Waals surface area (Å²) in [6, 6.07) is 0. The van der Waals surface area contributed by atoms with Crippen LogP contribution in [0, 0.1) is 0 Å². The van der Waals surface area contributed by atoms with Crippen LogP contribution >= 0.6 is 0 Å². The molecule has 4 rings (SSSR count). The number of rotatable bonds is 1. The van der Waals surface area contributed by atoms with Crippen molar-refractivity contribution in [3.05, 3.63) is 28.8 Å². The molecule has 0 spiro atoms. The molecular weight excluding hydrogens is 228 g/mol. The van der Waals surface area contributed by atoms with Gasteiger partial charge in [-0.25, -0.2) is 4.98 Å². The first-order valence-corrected chi connectivity index (χ1v) is 6.45. The van der Waals surface area contributed by atoms with Gasteiger partial charge in [-0.05, 0) is 12.0 Å². The summed E-state index contributed by atoms with van der Waals surface area (Å²) in [5, 5.41) is 10.5. The maximum atomic E-state index is 4.71. The summed E-state index contributed by atoms with van der Waals surface area (Å²) < 4.78 is 0.